The lowest BCUT2D eigenvalue weighted by Crippen LogP contribution is -2.60. The molecule has 7 nitrogen and oxygen atoms in total. The summed E-state index contributed by atoms with van der Waals surface area (Å²) in [6, 6.07) is 15.4. The number of nitrogens with one attached hydrogen (secondary N) is 1. The fourth-order valence-corrected chi connectivity index (χ4v) is 4.78. The Morgan fingerprint density at radius 1 is 1.14 bits per heavy atom. The van der Waals surface area contributed by atoms with Gasteiger partial charge in [0.05, 0.1) is 37.1 Å². The summed E-state index contributed by atoms with van der Waals surface area (Å²) in [6.45, 7) is 6.27. The molecule has 1 N–H and O–H groups in total. The van der Waals surface area contributed by atoms with Crippen molar-refractivity contribution in [2.45, 2.75) is 76.5 Å². The lowest BCUT2D eigenvalue weighted by atomic mass is 9.78. The zero-order chi connectivity index (χ0) is 25.1. The van der Waals surface area contributed by atoms with E-state index in [1.165, 1.54) is 12.1 Å². The first-order valence-corrected chi connectivity index (χ1v) is 11.9. The highest BCUT2D eigenvalue weighted by molar-refractivity contribution is 5.85. The van der Waals surface area contributed by atoms with E-state index in [0.717, 1.165) is 5.56 Å². The Bertz CT molecular complexity index is 1080. The first-order valence-electron chi connectivity index (χ1n) is 11.9. The number of carbonyl (C=O) groups excluding carboxylic acids is 1. The van der Waals surface area contributed by atoms with Crippen molar-refractivity contribution >= 4 is 5.91 Å². The molecule has 186 valence electrons. The van der Waals surface area contributed by atoms with Gasteiger partial charge in [-0.2, -0.15) is 5.26 Å². The second-order valence-corrected chi connectivity index (χ2v) is 9.43. The van der Waals surface area contributed by atoms with Crippen LogP contribution in [0, 0.1) is 17.1 Å². The lowest BCUT2D eigenvalue weighted by Gasteiger charge is -2.43. The molecular weight excluding hydrogens is 451 g/mol. The van der Waals surface area contributed by atoms with Crippen LogP contribution in [0.25, 0.3) is 0 Å². The minimum absolute atomic E-state index is 0.0905. The molecule has 1 aliphatic carbocycles. The molecule has 1 saturated carbocycles. The van der Waals surface area contributed by atoms with Crippen LogP contribution in [0.2, 0.25) is 0 Å². The molecule has 2 aromatic rings. The molecule has 2 fully saturated rings. The second kappa shape index (κ2) is 10.4. The number of carbonyl (C=O) groups is 1. The maximum absolute atomic E-state index is 13.4. The van der Waals surface area contributed by atoms with Crippen LogP contribution in [0.3, 0.4) is 0 Å². The summed E-state index contributed by atoms with van der Waals surface area (Å²) in [5.74, 6) is -1.41. The number of amides is 1. The Kier molecular flexibility index (Phi) is 7.53. The summed E-state index contributed by atoms with van der Waals surface area (Å²) in [6.07, 6.45) is -0.781. The van der Waals surface area contributed by atoms with E-state index in [4.69, 9.17) is 18.9 Å². The van der Waals surface area contributed by atoms with Gasteiger partial charge in [-0.3, -0.25) is 4.79 Å². The summed E-state index contributed by atoms with van der Waals surface area (Å²) < 4.78 is 38.3. The van der Waals surface area contributed by atoms with Gasteiger partial charge in [-0.1, -0.05) is 30.3 Å². The largest absolute Gasteiger partial charge is 0.371 e. The molecule has 1 amide bonds. The van der Waals surface area contributed by atoms with Gasteiger partial charge in [0, 0.05) is 19.4 Å². The molecule has 2 aliphatic rings. The van der Waals surface area contributed by atoms with Crippen molar-refractivity contribution in [2.75, 3.05) is 6.54 Å². The highest BCUT2D eigenvalue weighted by Crippen LogP contribution is 2.44. The molecule has 0 radical (unpaired) electrons. The molecule has 35 heavy (non-hydrogen) atoms. The van der Waals surface area contributed by atoms with Crippen molar-refractivity contribution < 1.29 is 28.1 Å². The molecule has 1 saturated heterocycles. The second-order valence-electron chi connectivity index (χ2n) is 9.43. The minimum atomic E-state index is -1.24. The van der Waals surface area contributed by atoms with Gasteiger partial charge in [-0.25, -0.2) is 4.39 Å². The van der Waals surface area contributed by atoms with Crippen LogP contribution < -0.4 is 5.32 Å². The smallest absolute Gasteiger partial charge is 0.252 e. The van der Waals surface area contributed by atoms with Crippen molar-refractivity contribution in [3.63, 3.8) is 0 Å². The van der Waals surface area contributed by atoms with Gasteiger partial charge < -0.3 is 24.3 Å². The van der Waals surface area contributed by atoms with Gasteiger partial charge in [0.15, 0.2) is 11.4 Å². The zero-order valence-corrected chi connectivity index (χ0v) is 20.3. The Morgan fingerprint density at radius 2 is 1.89 bits per heavy atom. The van der Waals surface area contributed by atoms with E-state index >= 15 is 0 Å². The van der Waals surface area contributed by atoms with Gasteiger partial charge in [0.2, 0.25) is 0 Å². The summed E-state index contributed by atoms with van der Waals surface area (Å²) in [5.41, 5.74) is 0.766. The highest BCUT2D eigenvalue weighted by atomic mass is 19.1. The molecular formula is C27H31FN2O5. The number of hydrogen-bond acceptors (Lipinski definition) is 6. The molecule has 4 atom stereocenters. The molecule has 0 aromatic heterocycles. The summed E-state index contributed by atoms with van der Waals surface area (Å²) in [5, 5.41) is 12.4. The molecule has 4 rings (SSSR count). The number of nitrogens with zero attached hydrogens (tertiary/aromatic N) is 1. The van der Waals surface area contributed by atoms with E-state index in [9.17, 15) is 14.4 Å². The number of fused-ring (bicyclic) bond motifs is 1. The van der Waals surface area contributed by atoms with Crippen molar-refractivity contribution in [2.24, 2.45) is 0 Å². The predicted molar refractivity (Wildman–Crippen MR) is 125 cm³/mol. The van der Waals surface area contributed by atoms with Crippen LogP contribution in [0.1, 0.15) is 50.3 Å². The number of benzene rings is 2. The molecule has 0 bridgehead atoms. The van der Waals surface area contributed by atoms with Crippen LogP contribution in [-0.4, -0.2) is 42.2 Å². The number of hydrogen-bond donors (Lipinski definition) is 1. The van der Waals surface area contributed by atoms with Gasteiger partial charge in [-0.15, -0.1) is 0 Å². The summed E-state index contributed by atoms with van der Waals surface area (Å²) >= 11 is 0. The predicted octanol–water partition coefficient (Wildman–Crippen LogP) is 3.99. The van der Waals surface area contributed by atoms with Crippen molar-refractivity contribution in [1.29, 1.82) is 5.26 Å². The Hall–Kier alpha value is -2.83. The van der Waals surface area contributed by atoms with E-state index in [0.29, 0.717) is 17.7 Å². The third-order valence-electron chi connectivity index (χ3n) is 6.42. The van der Waals surface area contributed by atoms with Gasteiger partial charge in [0.1, 0.15) is 11.9 Å². The molecule has 2 aromatic carbocycles. The maximum Gasteiger partial charge on any atom is 0.252 e. The fourth-order valence-electron chi connectivity index (χ4n) is 4.78. The summed E-state index contributed by atoms with van der Waals surface area (Å²) in [4.78, 5) is 13.4. The fraction of sp³-hybridized carbons (Fsp3) is 0.481. The topological polar surface area (TPSA) is 89.8 Å². The van der Waals surface area contributed by atoms with Gasteiger partial charge in [-0.05, 0) is 50.1 Å². The lowest BCUT2D eigenvalue weighted by molar-refractivity contribution is -0.183. The minimum Gasteiger partial charge on any atom is -0.371 e. The number of halogens is 1. The Morgan fingerprint density at radius 3 is 2.60 bits per heavy atom. The van der Waals surface area contributed by atoms with E-state index in [-0.39, 0.29) is 43.9 Å². The van der Waals surface area contributed by atoms with Gasteiger partial charge in [0.25, 0.3) is 5.91 Å². The third kappa shape index (κ3) is 5.71. The first kappa shape index (κ1) is 25.3. The van der Waals surface area contributed by atoms with Crippen LogP contribution in [-0.2, 0) is 37.0 Å². The van der Waals surface area contributed by atoms with Crippen LogP contribution in [0.4, 0.5) is 4.39 Å². The molecule has 0 unspecified atom stereocenters. The molecule has 1 aliphatic heterocycles. The first-order chi connectivity index (χ1) is 16.7. The van der Waals surface area contributed by atoms with E-state index in [2.05, 4.69) is 11.4 Å². The van der Waals surface area contributed by atoms with Crippen LogP contribution >= 0.6 is 0 Å². The van der Waals surface area contributed by atoms with E-state index < -0.39 is 23.6 Å². The van der Waals surface area contributed by atoms with Crippen LogP contribution in [0.15, 0.2) is 48.5 Å². The molecule has 0 spiro atoms. The van der Waals surface area contributed by atoms with Crippen molar-refractivity contribution in [1.82, 2.24) is 5.32 Å². The maximum atomic E-state index is 13.4. The van der Waals surface area contributed by atoms with Crippen LogP contribution in [0.5, 0.6) is 0 Å². The number of nitriles is 1. The average molecular weight is 483 g/mol. The van der Waals surface area contributed by atoms with Crippen molar-refractivity contribution in [3.05, 3.63) is 71.0 Å². The Labute approximate surface area is 205 Å². The van der Waals surface area contributed by atoms with Gasteiger partial charge >= 0.3 is 0 Å². The average Bonchev–Trinajstić information content (AvgIpc) is 3.16. The standard InChI is InChI=1S/C27H31FN2O5/c1-4-30-25(31)27(33-17-20-8-6-5-7-19(20)15-29)13-22(24-23(14-27)34-26(2,3)35-24)32-16-18-9-11-21(28)12-10-18/h5-12,22-24H,4,13-14,16-17H2,1-3H3,(H,30,31)/t22-,23-,24+,27-/m1/s1. The van der Waals surface area contributed by atoms with E-state index in [1.54, 1.807) is 24.3 Å². The monoisotopic (exact) mass is 482 g/mol. The molecule has 8 heteroatoms. The summed E-state index contributed by atoms with van der Waals surface area (Å²) in [7, 11) is 0. The van der Waals surface area contributed by atoms with Crippen molar-refractivity contribution in [3.8, 4) is 6.07 Å². The SMILES string of the molecule is CCNC(=O)[C@@]1(OCc2ccccc2C#N)C[C@@H](OCc2ccc(F)cc2)[C@@H]2OC(C)(C)O[C@@H]2C1. The van der Waals surface area contributed by atoms with E-state index in [1.807, 2.05) is 32.9 Å². The number of likely N-dealkylation sites (N-methyl/N-ethyl adjacent to an activating group) is 1. The normalized spacial score (nSPS) is 27.1. The number of ether oxygens (including phenoxy) is 4. The molecule has 1 heterocycles. The zero-order valence-electron chi connectivity index (χ0n) is 20.3. The highest BCUT2D eigenvalue weighted by Gasteiger charge is 2.58. The third-order valence-corrected chi connectivity index (χ3v) is 6.42. The quantitative estimate of drug-likeness (QED) is 0.612. The Balaban J connectivity index is 1.61. The number of rotatable bonds is 8.